The predicted octanol–water partition coefficient (Wildman–Crippen LogP) is 7.03. The van der Waals surface area contributed by atoms with Crippen molar-refractivity contribution in [2.45, 2.75) is 0 Å². The van der Waals surface area contributed by atoms with Gasteiger partial charge in [0.15, 0.2) is 0 Å². The fourth-order valence-corrected chi connectivity index (χ4v) is 4.03. The summed E-state index contributed by atoms with van der Waals surface area (Å²) in [6.07, 6.45) is 0.251. The molecule has 0 spiro atoms. The Morgan fingerprint density at radius 1 is 0.526 bits per heavy atom. The third kappa shape index (κ3) is 5.34. The van der Waals surface area contributed by atoms with Gasteiger partial charge in [0, 0.05) is 0 Å². The van der Waals surface area contributed by atoms with E-state index >= 15 is 0 Å². The van der Waals surface area contributed by atoms with Crippen LogP contribution in [0.1, 0.15) is 11.1 Å². The summed E-state index contributed by atoms with van der Waals surface area (Å²) in [5.41, 5.74) is 1.77. The van der Waals surface area contributed by atoms with Crippen molar-refractivity contribution in [3.05, 3.63) is 120 Å². The smallest absolute Gasteiger partial charge is 0.432 e. The van der Waals surface area contributed by atoms with Crippen LogP contribution in [0, 0.1) is 0 Å². The molecule has 186 valence electrons. The highest BCUT2D eigenvalue weighted by Gasteiger charge is 2.18. The molecule has 2 amide bonds. The minimum Gasteiger partial charge on any atom is -0.463 e. The molecular formula is C30H22N4O4. The van der Waals surface area contributed by atoms with Crippen LogP contribution < -0.4 is 10.0 Å². The number of nitrogens with zero attached hydrogens (tertiary/aromatic N) is 4. The van der Waals surface area contributed by atoms with Gasteiger partial charge in [0.2, 0.25) is 0 Å². The first-order valence-corrected chi connectivity index (χ1v) is 11.7. The molecule has 0 aliphatic heterocycles. The molecule has 38 heavy (non-hydrogen) atoms. The summed E-state index contributed by atoms with van der Waals surface area (Å²) in [6, 6.07) is 33.0. The van der Waals surface area contributed by atoms with E-state index in [4.69, 9.17) is 0 Å². The first kappa shape index (κ1) is 24.2. The fourth-order valence-electron chi connectivity index (χ4n) is 4.03. The zero-order chi connectivity index (χ0) is 26.5. The second kappa shape index (κ2) is 10.6. The molecule has 8 nitrogen and oxygen atoms in total. The van der Waals surface area contributed by atoms with Crippen LogP contribution in [0.4, 0.5) is 21.0 Å². The molecule has 0 aliphatic carbocycles. The highest BCUT2D eigenvalue weighted by atomic mass is 16.4. The van der Waals surface area contributed by atoms with Crippen LogP contribution >= 0.6 is 0 Å². The van der Waals surface area contributed by atoms with Gasteiger partial charge in [-0.15, -0.1) is 0 Å². The molecule has 2 N–H and O–H groups in total. The average molecular weight is 503 g/mol. The van der Waals surface area contributed by atoms with Gasteiger partial charge in [-0.05, 0) is 63.0 Å². The Bertz CT molecular complexity index is 1590. The highest BCUT2D eigenvalue weighted by Crippen LogP contribution is 2.24. The molecule has 0 radical (unpaired) electrons. The number of carboxylic acid groups (broad SMARTS) is 2. The Hall–Kier alpha value is -5.50. The second-order valence-electron chi connectivity index (χ2n) is 8.41. The molecule has 0 bridgehead atoms. The Labute approximate surface area is 218 Å². The monoisotopic (exact) mass is 502 g/mol. The Morgan fingerprint density at radius 2 is 0.947 bits per heavy atom. The van der Waals surface area contributed by atoms with Crippen LogP contribution in [0.5, 0.6) is 0 Å². The van der Waals surface area contributed by atoms with Gasteiger partial charge in [0.1, 0.15) is 0 Å². The van der Waals surface area contributed by atoms with Gasteiger partial charge in [-0.25, -0.2) is 9.59 Å². The molecule has 0 atom stereocenters. The summed E-state index contributed by atoms with van der Waals surface area (Å²) in [7, 11) is 0. The lowest BCUT2D eigenvalue weighted by Gasteiger charge is -2.17. The molecule has 0 unspecified atom stereocenters. The Morgan fingerprint density at radius 3 is 1.37 bits per heavy atom. The number of anilines is 2. The van der Waals surface area contributed by atoms with E-state index in [0.717, 1.165) is 42.7 Å². The molecule has 5 rings (SSSR count). The molecule has 0 saturated heterocycles. The lowest BCUT2D eigenvalue weighted by atomic mass is 10.1. The van der Waals surface area contributed by atoms with E-state index in [1.807, 2.05) is 84.9 Å². The van der Waals surface area contributed by atoms with E-state index in [-0.39, 0.29) is 11.4 Å². The van der Waals surface area contributed by atoms with E-state index in [9.17, 15) is 19.8 Å². The number of amides is 2. The van der Waals surface area contributed by atoms with Crippen LogP contribution in [0.15, 0.2) is 119 Å². The maximum Gasteiger partial charge on any atom is 0.432 e. The largest absolute Gasteiger partial charge is 0.463 e. The topological polar surface area (TPSA) is 106 Å². The van der Waals surface area contributed by atoms with Gasteiger partial charge in [-0.1, -0.05) is 78.9 Å². The van der Waals surface area contributed by atoms with Crippen molar-refractivity contribution in [2.75, 3.05) is 10.0 Å². The third-order valence-corrected chi connectivity index (χ3v) is 5.87. The van der Waals surface area contributed by atoms with Crippen molar-refractivity contribution in [1.82, 2.24) is 0 Å². The van der Waals surface area contributed by atoms with Gasteiger partial charge in [0.05, 0.1) is 23.8 Å². The van der Waals surface area contributed by atoms with Crippen LogP contribution in [-0.4, -0.2) is 34.8 Å². The second-order valence-corrected chi connectivity index (χ2v) is 8.41. The molecule has 0 heterocycles. The third-order valence-electron chi connectivity index (χ3n) is 5.87. The van der Waals surface area contributed by atoms with Crippen molar-refractivity contribution < 1.29 is 19.8 Å². The molecule has 5 aromatic carbocycles. The minimum atomic E-state index is -1.32. The first-order chi connectivity index (χ1) is 18.5. The summed E-state index contributed by atoms with van der Waals surface area (Å²) in [4.78, 5) is 24.0. The standard InChI is InChI=1S/C30H22N4O4/c35-29(36)33(31-19-21-12-14-23-6-1-3-8-25(23)16-21)27-10-5-11-28(18-27)34(30(37)38)32-20-22-13-15-24-7-2-4-9-26(24)17-22/h1-20H,(H,35,36)(H,37,38). The zero-order valence-electron chi connectivity index (χ0n) is 20.0. The fraction of sp³-hybridized carbons (Fsp3) is 0. The SMILES string of the molecule is O=C(O)N(N=Cc1ccc2ccccc2c1)c1cccc(N(N=Cc2ccc3ccccc3c2)C(=O)O)c1. The molecule has 0 aliphatic rings. The van der Waals surface area contributed by atoms with Gasteiger partial charge < -0.3 is 10.2 Å². The van der Waals surface area contributed by atoms with Crippen molar-refractivity contribution >= 4 is 57.5 Å². The van der Waals surface area contributed by atoms with Gasteiger partial charge in [-0.3, -0.25) is 0 Å². The summed E-state index contributed by atoms with van der Waals surface area (Å²) in [5, 5.41) is 33.6. The number of benzene rings is 5. The molecule has 0 saturated carbocycles. The van der Waals surface area contributed by atoms with Crippen molar-refractivity contribution in [3.63, 3.8) is 0 Å². The van der Waals surface area contributed by atoms with E-state index in [0.29, 0.717) is 0 Å². The van der Waals surface area contributed by atoms with Crippen LogP contribution in [0.2, 0.25) is 0 Å². The van der Waals surface area contributed by atoms with Crippen molar-refractivity contribution in [2.24, 2.45) is 10.2 Å². The van der Waals surface area contributed by atoms with Crippen LogP contribution in [0.25, 0.3) is 21.5 Å². The van der Waals surface area contributed by atoms with Gasteiger partial charge >= 0.3 is 12.2 Å². The summed E-state index contributed by atoms with van der Waals surface area (Å²) in [5.74, 6) is 0. The zero-order valence-corrected chi connectivity index (χ0v) is 20.0. The molecule has 8 heteroatoms. The number of hydrogen-bond acceptors (Lipinski definition) is 4. The van der Waals surface area contributed by atoms with E-state index < -0.39 is 12.2 Å². The maximum absolute atomic E-state index is 12.0. The normalized spacial score (nSPS) is 11.4. The van der Waals surface area contributed by atoms with Gasteiger partial charge in [-0.2, -0.15) is 20.2 Å². The number of hydrogen-bond donors (Lipinski definition) is 2. The Balaban J connectivity index is 1.42. The molecular weight excluding hydrogens is 480 g/mol. The number of carbonyl (C=O) groups is 2. The van der Waals surface area contributed by atoms with Crippen molar-refractivity contribution in [1.29, 1.82) is 0 Å². The van der Waals surface area contributed by atoms with Gasteiger partial charge in [0.25, 0.3) is 0 Å². The molecule has 5 aromatic rings. The summed E-state index contributed by atoms with van der Waals surface area (Å²) < 4.78 is 0. The number of rotatable bonds is 6. The first-order valence-electron chi connectivity index (χ1n) is 11.7. The number of fused-ring (bicyclic) bond motifs is 2. The van der Waals surface area contributed by atoms with Crippen LogP contribution in [0.3, 0.4) is 0 Å². The summed E-state index contributed by atoms with van der Waals surface area (Å²) >= 11 is 0. The van der Waals surface area contributed by atoms with Crippen molar-refractivity contribution in [3.8, 4) is 0 Å². The van der Waals surface area contributed by atoms with E-state index in [2.05, 4.69) is 10.2 Å². The lowest BCUT2D eigenvalue weighted by molar-refractivity contribution is 0.201. The average Bonchev–Trinajstić information content (AvgIpc) is 2.93. The van der Waals surface area contributed by atoms with E-state index in [1.165, 1.54) is 30.6 Å². The quantitative estimate of drug-likeness (QED) is 0.192. The maximum atomic E-state index is 12.0. The van der Waals surface area contributed by atoms with Crippen LogP contribution in [-0.2, 0) is 0 Å². The lowest BCUT2D eigenvalue weighted by Crippen LogP contribution is -2.25. The summed E-state index contributed by atoms with van der Waals surface area (Å²) in [6.45, 7) is 0. The molecule has 0 aromatic heterocycles. The number of hydrazone groups is 2. The molecule has 0 fully saturated rings. The predicted molar refractivity (Wildman–Crippen MR) is 151 cm³/mol. The van der Waals surface area contributed by atoms with E-state index in [1.54, 1.807) is 6.07 Å². The Kier molecular flexibility index (Phi) is 6.77. The minimum absolute atomic E-state index is 0.166. The highest BCUT2D eigenvalue weighted by molar-refractivity contribution is 5.96.